The summed E-state index contributed by atoms with van der Waals surface area (Å²) >= 11 is 0. The van der Waals surface area contributed by atoms with E-state index in [-0.39, 0.29) is 5.91 Å². The molecular formula is C22H21N3O. The monoisotopic (exact) mass is 343 g/mol. The van der Waals surface area contributed by atoms with Gasteiger partial charge in [-0.1, -0.05) is 36.4 Å². The molecule has 0 bridgehead atoms. The third-order valence-corrected chi connectivity index (χ3v) is 4.82. The number of aryl methyl sites for hydroxylation is 1. The van der Waals surface area contributed by atoms with Gasteiger partial charge < -0.3 is 10.6 Å². The van der Waals surface area contributed by atoms with Crippen LogP contribution in [0.25, 0.3) is 0 Å². The fraction of sp³-hybridized carbons (Fsp3) is 0.182. The van der Waals surface area contributed by atoms with E-state index >= 15 is 0 Å². The molecule has 1 atom stereocenters. The predicted octanol–water partition coefficient (Wildman–Crippen LogP) is 4.11. The maximum Gasteiger partial charge on any atom is 0.257 e. The van der Waals surface area contributed by atoms with E-state index in [0.717, 1.165) is 25.1 Å². The van der Waals surface area contributed by atoms with Gasteiger partial charge >= 0.3 is 0 Å². The average molecular weight is 343 g/mol. The van der Waals surface area contributed by atoms with Gasteiger partial charge in [0.25, 0.3) is 5.91 Å². The predicted molar refractivity (Wildman–Crippen MR) is 103 cm³/mol. The van der Waals surface area contributed by atoms with Crippen LogP contribution in [0.5, 0.6) is 0 Å². The van der Waals surface area contributed by atoms with Crippen LogP contribution in [0.15, 0.2) is 73.1 Å². The lowest BCUT2D eigenvalue weighted by molar-refractivity contribution is 0.102. The molecule has 1 amide bonds. The van der Waals surface area contributed by atoms with Crippen molar-refractivity contribution in [3.05, 3.63) is 95.3 Å². The fourth-order valence-corrected chi connectivity index (χ4v) is 3.42. The first-order chi connectivity index (χ1) is 12.8. The van der Waals surface area contributed by atoms with Gasteiger partial charge in [-0.05, 0) is 53.8 Å². The van der Waals surface area contributed by atoms with Crippen molar-refractivity contribution in [2.75, 3.05) is 5.32 Å². The van der Waals surface area contributed by atoms with Crippen LogP contribution in [0.3, 0.4) is 0 Å². The van der Waals surface area contributed by atoms with Gasteiger partial charge in [-0.3, -0.25) is 9.78 Å². The number of carbonyl (C=O) groups excluding carboxylic acids is 1. The number of rotatable bonds is 5. The number of carbonyl (C=O) groups is 1. The minimum absolute atomic E-state index is 0.147. The second-order valence-electron chi connectivity index (χ2n) is 6.56. The second-order valence-corrected chi connectivity index (χ2v) is 6.56. The smallest absolute Gasteiger partial charge is 0.257 e. The van der Waals surface area contributed by atoms with Crippen molar-refractivity contribution >= 4 is 11.6 Å². The Kier molecular flexibility index (Phi) is 4.75. The maximum atomic E-state index is 12.2. The molecular weight excluding hydrogens is 322 g/mol. The number of amides is 1. The standard InChI is InChI=1S/C22H21N3O/c26-22(18-5-3-13-23-15-18)25-19-10-7-16(8-11-19)14-24-21-12-9-17-4-1-2-6-20(17)21/h1-8,10-11,13,15,21,24H,9,12,14H2,(H,25,26)/t21-/m0/s1. The second kappa shape index (κ2) is 7.50. The van der Waals surface area contributed by atoms with E-state index < -0.39 is 0 Å². The number of anilines is 1. The topological polar surface area (TPSA) is 54.0 Å². The maximum absolute atomic E-state index is 12.2. The minimum Gasteiger partial charge on any atom is -0.322 e. The molecule has 0 fully saturated rings. The highest BCUT2D eigenvalue weighted by Crippen LogP contribution is 2.30. The number of nitrogens with zero attached hydrogens (tertiary/aromatic N) is 1. The van der Waals surface area contributed by atoms with Gasteiger partial charge in [-0.2, -0.15) is 0 Å². The largest absolute Gasteiger partial charge is 0.322 e. The lowest BCUT2D eigenvalue weighted by Gasteiger charge is -2.14. The quantitative estimate of drug-likeness (QED) is 0.733. The Labute approximate surface area is 153 Å². The third kappa shape index (κ3) is 3.65. The summed E-state index contributed by atoms with van der Waals surface area (Å²) < 4.78 is 0. The SMILES string of the molecule is O=C(Nc1ccc(CN[C@H]2CCc3ccccc32)cc1)c1cccnc1. The van der Waals surface area contributed by atoms with E-state index in [4.69, 9.17) is 0 Å². The number of nitrogens with one attached hydrogen (secondary N) is 2. The van der Waals surface area contributed by atoms with Gasteiger partial charge in [0.2, 0.25) is 0 Å². The summed E-state index contributed by atoms with van der Waals surface area (Å²) in [6, 6.07) is 20.6. The average Bonchev–Trinajstić information content (AvgIpc) is 3.11. The third-order valence-electron chi connectivity index (χ3n) is 4.82. The zero-order valence-corrected chi connectivity index (χ0v) is 14.5. The first kappa shape index (κ1) is 16.5. The summed E-state index contributed by atoms with van der Waals surface area (Å²) in [7, 11) is 0. The molecule has 4 nitrogen and oxygen atoms in total. The molecule has 0 spiro atoms. The van der Waals surface area contributed by atoms with Crippen LogP contribution in [0, 0.1) is 0 Å². The zero-order chi connectivity index (χ0) is 17.8. The Hall–Kier alpha value is -2.98. The van der Waals surface area contributed by atoms with Crippen LogP contribution < -0.4 is 10.6 Å². The van der Waals surface area contributed by atoms with E-state index in [9.17, 15) is 4.79 Å². The first-order valence-electron chi connectivity index (χ1n) is 8.91. The lowest BCUT2D eigenvalue weighted by Crippen LogP contribution is -2.18. The molecule has 130 valence electrons. The van der Waals surface area contributed by atoms with E-state index in [1.807, 2.05) is 24.3 Å². The molecule has 26 heavy (non-hydrogen) atoms. The van der Waals surface area contributed by atoms with Gasteiger partial charge in [0, 0.05) is 30.7 Å². The van der Waals surface area contributed by atoms with Crippen molar-refractivity contribution in [1.29, 1.82) is 0 Å². The van der Waals surface area contributed by atoms with E-state index in [1.54, 1.807) is 24.5 Å². The number of hydrogen-bond donors (Lipinski definition) is 2. The highest BCUT2D eigenvalue weighted by Gasteiger charge is 2.20. The molecule has 1 aliphatic rings. The van der Waals surface area contributed by atoms with Gasteiger partial charge in [0.05, 0.1) is 5.56 Å². The van der Waals surface area contributed by atoms with Crippen molar-refractivity contribution in [3.63, 3.8) is 0 Å². The van der Waals surface area contributed by atoms with Crippen molar-refractivity contribution in [1.82, 2.24) is 10.3 Å². The Morgan fingerprint density at radius 1 is 1.04 bits per heavy atom. The van der Waals surface area contributed by atoms with Crippen LogP contribution in [0.2, 0.25) is 0 Å². The molecule has 2 N–H and O–H groups in total. The van der Waals surface area contributed by atoms with Crippen LogP contribution in [-0.2, 0) is 13.0 Å². The summed E-state index contributed by atoms with van der Waals surface area (Å²) in [5.41, 5.74) is 5.42. The Bertz CT molecular complexity index is 891. The summed E-state index contributed by atoms with van der Waals surface area (Å²) in [6.45, 7) is 0.815. The van der Waals surface area contributed by atoms with E-state index in [2.05, 4.69) is 39.9 Å². The zero-order valence-electron chi connectivity index (χ0n) is 14.5. The minimum atomic E-state index is -0.147. The Morgan fingerprint density at radius 3 is 2.69 bits per heavy atom. The normalized spacial score (nSPS) is 15.5. The molecule has 0 aliphatic heterocycles. The molecule has 1 aliphatic carbocycles. The summed E-state index contributed by atoms with van der Waals surface area (Å²) in [6.07, 6.45) is 5.51. The molecule has 0 saturated heterocycles. The number of fused-ring (bicyclic) bond motifs is 1. The lowest BCUT2D eigenvalue weighted by atomic mass is 10.1. The van der Waals surface area contributed by atoms with Crippen molar-refractivity contribution < 1.29 is 4.79 Å². The van der Waals surface area contributed by atoms with Crippen LogP contribution in [-0.4, -0.2) is 10.9 Å². The first-order valence-corrected chi connectivity index (χ1v) is 8.91. The van der Waals surface area contributed by atoms with Crippen molar-refractivity contribution in [2.24, 2.45) is 0 Å². The van der Waals surface area contributed by atoms with Crippen molar-refractivity contribution in [2.45, 2.75) is 25.4 Å². The van der Waals surface area contributed by atoms with E-state index in [0.29, 0.717) is 11.6 Å². The highest BCUT2D eigenvalue weighted by molar-refractivity contribution is 6.03. The number of aromatic nitrogens is 1. The van der Waals surface area contributed by atoms with Crippen LogP contribution >= 0.6 is 0 Å². The van der Waals surface area contributed by atoms with Gasteiger partial charge in [-0.15, -0.1) is 0 Å². The number of hydrogen-bond acceptors (Lipinski definition) is 3. The van der Waals surface area contributed by atoms with Gasteiger partial charge in [-0.25, -0.2) is 0 Å². The molecule has 2 aromatic carbocycles. The fourth-order valence-electron chi connectivity index (χ4n) is 3.42. The molecule has 3 aromatic rings. The van der Waals surface area contributed by atoms with Gasteiger partial charge in [0.15, 0.2) is 0 Å². The molecule has 0 radical (unpaired) electrons. The van der Waals surface area contributed by atoms with E-state index in [1.165, 1.54) is 16.7 Å². The summed E-state index contributed by atoms with van der Waals surface area (Å²) in [5, 5.41) is 6.54. The Balaban J connectivity index is 1.34. The van der Waals surface area contributed by atoms with Crippen LogP contribution in [0.1, 0.15) is 39.5 Å². The highest BCUT2D eigenvalue weighted by atomic mass is 16.1. The molecule has 1 aromatic heterocycles. The number of benzene rings is 2. The molecule has 4 heteroatoms. The summed E-state index contributed by atoms with van der Waals surface area (Å²) in [4.78, 5) is 16.1. The molecule has 1 heterocycles. The van der Waals surface area contributed by atoms with Crippen LogP contribution in [0.4, 0.5) is 5.69 Å². The van der Waals surface area contributed by atoms with Gasteiger partial charge in [0.1, 0.15) is 0 Å². The molecule has 0 unspecified atom stereocenters. The molecule has 0 saturated carbocycles. The molecule has 4 rings (SSSR count). The van der Waals surface area contributed by atoms with Crippen molar-refractivity contribution in [3.8, 4) is 0 Å². The summed E-state index contributed by atoms with van der Waals surface area (Å²) in [5.74, 6) is -0.147. The number of pyridine rings is 1. The Morgan fingerprint density at radius 2 is 1.88 bits per heavy atom.